The zero-order valence-corrected chi connectivity index (χ0v) is 26.4. The van der Waals surface area contributed by atoms with E-state index in [4.69, 9.17) is 17.3 Å². The number of rotatable bonds is 8. The normalized spacial score (nSPS) is 17.2. The van der Waals surface area contributed by atoms with Crippen LogP contribution in [0.3, 0.4) is 0 Å². The highest BCUT2D eigenvalue weighted by Gasteiger charge is 2.41. The Morgan fingerprint density at radius 1 is 0.935 bits per heavy atom. The summed E-state index contributed by atoms with van der Waals surface area (Å²) in [6, 6.07) is 20.1. The average molecular weight is 635 g/mol. The van der Waals surface area contributed by atoms with Crippen LogP contribution in [0, 0.1) is 5.92 Å². The summed E-state index contributed by atoms with van der Waals surface area (Å²) in [5.74, 6) is 0.878. The lowest BCUT2D eigenvalue weighted by molar-refractivity contribution is -0.141. The van der Waals surface area contributed by atoms with Crippen molar-refractivity contribution in [3.8, 4) is 0 Å². The predicted molar refractivity (Wildman–Crippen MR) is 177 cm³/mol. The van der Waals surface area contributed by atoms with Crippen molar-refractivity contribution < 1.29 is 14.4 Å². The Labute approximate surface area is 271 Å². The third kappa shape index (κ3) is 5.48. The van der Waals surface area contributed by atoms with Crippen molar-refractivity contribution in [3.05, 3.63) is 106 Å². The molecule has 1 saturated heterocycles. The van der Waals surface area contributed by atoms with E-state index in [1.165, 1.54) is 17.1 Å². The van der Waals surface area contributed by atoms with Gasteiger partial charge in [0, 0.05) is 53.2 Å². The van der Waals surface area contributed by atoms with Gasteiger partial charge in [-0.1, -0.05) is 43.6 Å². The van der Waals surface area contributed by atoms with Gasteiger partial charge in [0.05, 0.1) is 35.8 Å². The van der Waals surface area contributed by atoms with E-state index < -0.39 is 6.04 Å². The lowest BCUT2D eigenvalue weighted by atomic mass is 10.1. The number of carbonyl (C=O) groups is 3. The number of carbonyl (C=O) groups excluding carboxylic acids is 3. The van der Waals surface area contributed by atoms with Gasteiger partial charge in [0.1, 0.15) is 12.1 Å². The average Bonchev–Trinajstić information content (AvgIpc) is 3.47. The van der Waals surface area contributed by atoms with Crippen LogP contribution in [0.5, 0.6) is 0 Å². The fourth-order valence-corrected chi connectivity index (χ4v) is 6.82. The second-order valence-electron chi connectivity index (χ2n) is 12.4. The second kappa shape index (κ2) is 11.9. The number of piperazine rings is 1. The molecule has 4 heterocycles. The van der Waals surface area contributed by atoms with Crippen LogP contribution in [0.25, 0.3) is 21.8 Å². The Balaban J connectivity index is 1.20. The van der Waals surface area contributed by atoms with E-state index in [-0.39, 0.29) is 30.8 Å². The molecule has 3 aromatic carbocycles. The van der Waals surface area contributed by atoms with Crippen LogP contribution < -0.4 is 5.73 Å². The highest BCUT2D eigenvalue weighted by atomic mass is 35.5. The molecular formula is C35H33ClN7O3. The summed E-state index contributed by atoms with van der Waals surface area (Å²) in [6.07, 6.45) is 1.42. The van der Waals surface area contributed by atoms with Crippen molar-refractivity contribution in [1.82, 2.24) is 29.2 Å². The summed E-state index contributed by atoms with van der Waals surface area (Å²) in [5, 5.41) is 2.44. The van der Waals surface area contributed by atoms with E-state index in [0.29, 0.717) is 47.1 Å². The summed E-state index contributed by atoms with van der Waals surface area (Å²) in [5.41, 5.74) is 10.5. The standard InChI is InChI=1S/C35H33ClN7O3/c1-21(2)14-41-25(13-23-12-24(36)8-10-31(23)41)16-40-17-26(18-43-34(45)27-5-3-4-6-28(27)35(43)46)42(32(44)19-40)15-22-7-9-29-30(11-22)38-20-39-33(29)37/h3-13,20,26H,14-19H2,1-2H3,(H2,37,38,39)/t26-/m1/s1. The van der Waals surface area contributed by atoms with E-state index in [0.717, 1.165) is 34.1 Å². The molecule has 1 fully saturated rings. The van der Waals surface area contributed by atoms with Crippen LogP contribution in [0.15, 0.2) is 73.1 Å². The number of aromatic nitrogens is 3. The molecule has 10 nitrogen and oxygen atoms in total. The van der Waals surface area contributed by atoms with Crippen molar-refractivity contribution in [2.45, 2.75) is 39.5 Å². The number of nitrogen functional groups attached to an aromatic ring is 1. The Kier molecular flexibility index (Phi) is 7.70. The molecule has 0 aliphatic carbocycles. The van der Waals surface area contributed by atoms with Gasteiger partial charge in [0.25, 0.3) is 11.8 Å². The maximum absolute atomic E-state index is 14.0. The molecule has 7 rings (SSSR count). The first-order chi connectivity index (χ1) is 22.2. The van der Waals surface area contributed by atoms with Crippen molar-refractivity contribution in [3.63, 3.8) is 0 Å². The van der Waals surface area contributed by atoms with Gasteiger partial charge in [-0.3, -0.25) is 24.2 Å². The van der Waals surface area contributed by atoms with Crippen LogP contribution in [0.4, 0.5) is 5.82 Å². The minimum absolute atomic E-state index is 0.0811. The molecule has 2 aromatic heterocycles. The molecule has 0 bridgehead atoms. The van der Waals surface area contributed by atoms with Crippen LogP contribution in [-0.2, 0) is 24.4 Å². The quantitative estimate of drug-likeness (QED) is 0.240. The molecular weight excluding hydrogens is 602 g/mol. The molecule has 5 aromatic rings. The van der Waals surface area contributed by atoms with Crippen molar-refractivity contribution in [2.24, 2.45) is 0 Å². The Bertz CT molecular complexity index is 1990. The van der Waals surface area contributed by atoms with Gasteiger partial charge in [-0.25, -0.2) is 9.97 Å². The van der Waals surface area contributed by atoms with E-state index >= 15 is 0 Å². The number of hydrogen-bond donors (Lipinski definition) is 1. The minimum atomic E-state index is -0.443. The van der Waals surface area contributed by atoms with Crippen LogP contribution in [0.1, 0.15) is 45.8 Å². The third-order valence-electron chi connectivity index (χ3n) is 8.75. The molecule has 2 N–H and O–H groups in total. The summed E-state index contributed by atoms with van der Waals surface area (Å²) < 4.78 is 2.26. The molecule has 2 aliphatic rings. The number of fused-ring (bicyclic) bond motifs is 3. The highest BCUT2D eigenvalue weighted by Crippen LogP contribution is 2.29. The molecule has 0 unspecified atom stereocenters. The number of imide groups is 1. The molecule has 46 heavy (non-hydrogen) atoms. The molecule has 11 heteroatoms. The number of hydrogen-bond acceptors (Lipinski definition) is 7. The Morgan fingerprint density at radius 2 is 1.70 bits per heavy atom. The first kappa shape index (κ1) is 29.9. The summed E-state index contributed by atoms with van der Waals surface area (Å²) >= 11 is 6.33. The number of amides is 3. The maximum Gasteiger partial charge on any atom is 0.261 e. The zero-order valence-electron chi connectivity index (χ0n) is 25.6. The summed E-state index contributed by atoms with van der Waals surface area (Å²) in [4.78, 5) is 54.4. The fraction of sp³-hybridized carbons (Fsp3) is 0.257. The molecule has 2 aliphatic heterocycles. The summed E-state index contributed by atoms with van der Waals surface area (Å²) in [7, 11) is 0. The second-order valence-corrected chi connectivity index (χ2v) is 12.8. The van der Waals surface area contributed by atoms with Crippen LogP contribution in [-0.4, -0.2) is 72.6 Å². The monoisotopic (exact) mass is 634 g/mol. The molecule has 233 valence electrons. The third-order valence-corrected chi connectivity index (χ3v) is 8.99. The lowest BCUT2D eigenvalue weighted by Crippen LogP contribution is -2.59. The smallest absolute Gasteiger partial charge is 0.261 e. The van der Waals surface area contributed by atoms with Gasteiger partial charge in [-0.15, -0.1) is 0 Å². The van der Waals surface area contributed by atoms with E-state index in [9.17, 15) is 14.4 Å². The van der Waals surface area contributed by atoms with E-state index in [1.54, 1.807) is 29.2 Å². The molecule has 1 atom stereocenters. The number of nitrogens with zero attached hydrogens (tertiary/aromatic N) is 6. The zero-order chi connectivity index (χ0) is 32.1. The minimum Gasteiger partial charge on any atom is -0.383 e. The number of benzene rings is 3. The number of nitrogens with two attached hydrogens (primary N) is 1. The van der Waals surface area contributed by atoms with Crippen molar-refractivity contribution in [2.75, 3.05) is 25.4 Å². The van der Waals surface area contributed by atoms with Crippen LogP contribution in [0.2, 0.25) is 5.02 Å². The van der Waals surface area contributed by atoms with Crippen LogP contribution >= 0.6 is 11.6 Å². The molecule has 1 radical (unpaired) electrons. The first-order valence-electron chi connectivity index (χ1n) is 15.2. The number of halogens is 1. The van der Waals surface area contributed by atoms with Gasteiger partial charge in [0.2, 0.25) is 5.91 Å². The number of anilines is 1. The Hall–Kier alpha value is -4.80. The van der Waals surface area contributed by atoms with Gasteiger partial charge in [0.15, 0.2) is 0 Å². The SMILES string of the molecule is C[C](C)Cn1c(CN2CC(=O)N(Cc3ccc4c(N)ncnc4c3)[C@@H](CN3C(=O)c4ccccc4C3=O)C2)cc2cc(Cl)ccc21. The van der Waals surface area contributed by atoms with Gasteiger partial charge >= 0.3 is 0 Å². The Morgan fingerprint density at radius 3 is 2.43 bits per heavy atom. The molecule has 0 spiro atoms. The highest BCUT2D eigenvalue weighted by molar-refractivity contribution is 6.31. The largest absolute Gasteiger partial charge is 0.383 e. The topological polar surface area (TPSA) is 118 Å². The maximum atomic E-state index is 14.0. The van der Waals surface area contributed by atoms with Crippen molar-refractivity contribution >= 4 is 56.9 Å². The molecule has 0 saturated carbocycles. The van der Waals surface area contributed by atoms with E-state index in [1.807, 2.05) is 36.4 Å². The van der Waals surface area contributed by atoms with E-state index in [2.05, 4.69) is 39.3 Å². The van der Waals surface area contributed by atoms with Crippen molar-refractivity contribution in [1.29, 1.82) is 0 Å². The lowest BCUT2D eigenvalue weighted by Gasteiger charge is -2.42. The van der Waals surface area contributed by atoms with Gasteiger partial charge < -0.3 is 15.2 Å². The fourth-order valence-electron chi connectivity index (χ4n) is 6.64. The van der Waals surface area contributed by atoms with Gasteiger partial charge in [-0.05, 0) is 60.0 Å². The predicted octanol–water partition coefficient (Wildman–Crippen LogP) is 4.94. The molecule has 3 amide bonds. The van der Waals surface area contributed by atoms with Gasteiger partial charge in [-0.2, -0.15) is 0 Å². The summed E-state index contributed by atoms with van der Waals surface area (Å²) in [6.45, 7) is 6.49. The first-order valence-corrected chi connectivity index (χ1v) is 15.6.